The molecular weight excluding hydrogens is 338 g/mol. The van der Waals surface area contributed by atoms with Gasteiger partial charge in [-0.1, -0.05) is 6.07 Å². The Balaban J connectivity index is 2.01. The first-order chi connectivity index (χ1) is 12.4. The minimum absolute atomic E-state index is 0.0744. The molecule has 26 heavy (non-hydrogen) atoms. The third-order valence-electron chi connectivity index (χ3n) is 3.60. The Morgan fingerprint density at radius 3 is 2.35 bits per heavy atom. The molecule has 0 spiro atoms. The van der Waals surface area contributed by atoms with Crippen molar-refractivity contribution < 1.29 is 19.2 Å². The lowest BCUT2D eigenvalue weighted by Crippen LogP contribution is -2.19. The standard InChI is InChI=1S/C18H19N3O5/c1-12(10-13-4-9-16(25-2)17(11-13)26-3)19-20-18(22)14-5-7-15(8-6-14)21(23)24/h4-9,11H,10H2,1-3H3,(H,20,22)/b19-12-. The van der Waals surface area contributed by atoms with Gasteiger partial charge in [0.05, 0.1) is 19.1 Å². The third kappa shape index (κ3) is 4.79. The van der Waals surface area contributed by atoms with Crippen molar-refractivity contribution >= 4 is 17.3 Å². The number of nitrogens with one attached hydrogen (secondary N) is 1. The molecule has 8 heteroatoms. The molecule has 2 aromatic carbocycles. The van der Waals surface area contributed by atoms with Gasteiger partial charge in [-0.15, -0.1) is 0 Å². The molecule has 8 nitrogen and oxygen atoms in total. The molecule has 0 fully saturated rings. The zero-order chi connectivity index (χ0) is 19.1. The number of amides is 1. The van der Waals surface area contributed by atoms with Gasteiger partial charge in [0.1, 0.15) is 0 Å². The highest BCUT2D eigenvalue weighted by atomic mass is 16.6. The van der Waals surface area contributed by atoms with Gasteiger partial charge in [0.2, 0.25) is 0 Å². The van der Waals surface area contributed by atoms with Crippen molar-refractivity contribution in [2.75, 3.05) is 14.2 Å². The van der Waals surface area contributed by atoms with Crippen LogP contribution in [0.2, 0.25) is 0 Å². The molecule has 0 aliphatic rings. The van der Waals surface area contributed by atoms with Crippen molar-refractivity contribution in [2.45, 2.75) is 13.3 Å². The van der Waals surface area contributed by atoms with Crippen molar-refractivity contribution in [1.29, 1.82) is 0 Å². The van der Waals surface area contributed by atoms with E-state index in [1.54, 1.807) is 27.2 Å². The zero-order valence-electron chi connectivity index (χ0n) is 14.7. The van der Waals surface area contributed by atoms with Gasteiger partial charge in [0, 0.05) is 29.8 Å². The predicted octanol–water partition coefficient (Wildman–Crippen LogP) is 2.96. The van der Waals surface area contributed by atoms with Crippen molar-refractivity contribution in [3.05, 3.63) is 63.7 Å². The quantitative estimate of drug-likeness (QED) is 0.466. The molecule has 2 rings (SSSR count). The van der Waals surface area contributed by atoms with E-state index in [4.69, 9.17) is 9.47 Å². The van der Waals surface area contributed by atoms with Crippen LogP contribution in [0.1, 0.15) is 22.8 Å². The second-order valence-corrected chi connectivity index (χ2v) is 5.46. The zero-order valence-corrected chi connectivity index (χ0v) is 14.7. The summed E-state index contributed by atoms with van der Waals surface area (Å²) in [5, 5.41) is 14.7. The molecule has 0 saturated carbocycles. The number of nitro benzene ring substituents is 1. The molecule has 0 aromatic heterocycles. The molecule has 0 atom stereocenters. The smallest absolute Gasteiger partial charge is 0.271 e. The average Bonchev–Trinajstić information content (AvgIpc) is 2.66. The fraction of sp³-hybridized carbons (Fsp3) is 0.222. The molecule has 0 heterocycles. The topological polar surface area (TPSA) is 103 Å². The van der Waals surface area contributed by atoms with Crippen molar-refractivity contribution in [3.63, 3.8) is 0 Å². The van der Waals surface area contributed by atoms with Crippen LogP contribution in [0.3, 0.4) is 0 Å². The fourth-order valence-electron chi connectivity index (χ4n) is 2.27. The Bertz CT molecular complexity index is 831. The van der Waals surface area contributed by atoms with Crippen LogP contribution in [-0.4, -0.2) is 30.8 Å². The van der Waals surface area contributed by atoms with Crippen LogP contribution in [0.25, 0.3) is 0 Å². The van der Waals surface area contributed by atoms with E-state index in [9.17, 15) is 14.9 Å². The number of nitro groups is 1. The maximum atomic E-state index is 12.0. The molecule has 2 aromatic rings. The predicted molar refractivity (Wildman–Crippen MR) is 96.9 cm³/mol. The highest BCUT2D eigenvalue weighted by Crippen LogP contribution is 2.27. The molecule has 1 amide bonds. The van der Waals surface area contributed by atoms with E-state index < -0.39 is 10.8 Å². The summed E-state index contributed by atoms with van der Waals surface area (Å²) < 4.78 is 10.5. The molecule has 0 radical (unpaired) electrons. The number of nitrogens with zero attached hydrogens (tertiary/aromatic N) is 2. The Kier molecular flexibility index (Phi) is 6.26. The Labute approximate surface area is 150 Å². The van der Waals surface area contributed by atoms with Gasteiger partial charge < -0.3 is 9.47 Å². The van der Waals surface area contributed by atoms with Crippen LogP contribution in [0, 0.1) is 10.1 Å². The summed E-state index contributed by atoms with van der Waals surface area (Å²) in [4.78, 5) is 22.1. The summed E-state index contributed by atoms with van der Waals surface area (Å²) >= 11 is 0. The van der Waals surface area contributed by atoms with Crippen LogP contribution >= 0.6 is 0 Å². The van der Waals surface area contributed by atoms with Crippen LogP contribution in [-0.2, 0) is 6.42 Å². The molecule has 0 bridgehead atoms. The fourth-order valence-corrected chi connectivity index (χ4v) is 2.27. The van der Waals surface area contributed by atoms with Gasteiger partial charge in [0.25, 0.3) is 11.6 Å². The lowest BCUT2D eigenvalue weighted by Gasteiger charge is -2.09. The summed E-state index contributed by atoms with van der Waals surface area (Å²) in [5.41, 5.74) is 4.30. The van der Waals surface area contributed by atoms with E-state index >= 15 is 0 Å². The number of hydrogen-bond acceptors (Lipinski definition) is 6. The van der Waals surface area contributed by atoms with Gasteiger partial charge in [-0.05, 0) is 36.8 Å². The molecule has 0 unspecified atom stereocenters. The minimum atomic E-state index is -0.521. The number of carbonyl (C=O) groups excluding carboxylic acids is 1. The van der Waals surface area contributed by atoms with Gasteiger partial charge in [-0.25, -0.2) is 5.43 Å². The first kappa shape index (κ1) is 18.9. The summed E-state index contributed by atoms with van der Waals surface area (Å²) in [6.45, 7) is 1.78. The average molecular weight is 357 g/mol. The van der Waals surface area contributed by atoms with Gasteiger partial charge in [-0.2, -0.15) is 5.10 Å². The molecule has 0 aliphatic heterocycles. The number of non-ortho nitro benzene ring substituents is 1. The molecule has 136 valence electrons. The Hall–Kier alpha value is -3.42. The first-order valence-electron chi connectivity index (χ1n) is 7.73. The van der Waals surface area contributed by atoms with Crippen molar-refractivity contribution in [2.24, 2.45) is 5.10 Å². The SMILES string of the molecule is COc1ccc(C/C(C)=N\NC(=O)c2ccc([N+](=O)[O-])cc2)cc1OC. The normalized spacial score (nSPS) is 11.0. The summed E-state index contributed by atoms with van der Waals surface area (Å²) in [6.07, 6.45) is 0.515. The monoisotopic (exact) mass is 357 g/mol. The van der Waals surface area contributed by atoms with Gasteiger partial charge in [-0.3, -0.25) is 14.9 Å². The second kappa shape index (κ2) is 8.61. The first-order valence-corrected chi connectivity index (χ1v) is 7.73. The number of carbonyl (C=O) groups is 1. The Morgan fingerprint density at radius 2 is 1.77 bits per heavy atom. The second-order valence-electron chi connectivity index (χ2n) is 5.46. The van der Waals surface area contributed by atoms with E-state index in [1.165, 1.54) is 24.3 Å². The number of methoxy groups -OCH3 is 2. The van der Waals surface area contributed by atoms with Crippen LogP contribution in [0.4, 0.5) is 5.69 Å². The van der Waals surface area contributed by atoms with E-state index in [0.29, 0.717) is 29.2 Å². The van der Waals surface area contributed by atoms with Crippen molar-refractivity contribution in [3.8, 4) is 11.5 Å². The highest BCUT2D eigenvalue weighted by molar-refractivity contribution is 5.95. The number of hydrazone groups is 1. The van der Waals surface area contributed by atoms with E-state index in [0.717, 1.165) is 5.56 Å². The van der Waals surface area contributed by atoms with E-state index in [2.05, 4.69) is 10.5 Å². The van der Waals surface area contributed by atoms with Gasteiger partial charge >= 0.3 is 0 Å². The molecular formula is C18H19N3O5. The van der Waals surface area contributed by atoms with Crippen LogP contribution < -0.4 is 14.9 Å². The molecule has 0 aliphatic carbocycles. The van der Waals surface area contributed by atoms with E-state index in [-0.39, 0.29) is 5.69 Å². The number of hydrogen-bond donors (Lipinski definition) is 1. The number of rotatable bonds is 7. The summed E-state index contributed by atoms with van der Waals surface area (Å²) in [5.74, 6) is 0.816. The number of benzene rings is 2. The lowest BCUT2D eigenvalue weighted by molar-refractivity contribution is -0.384. The number of ether oxygens (including phenoxy) is 2. The minimum Gasteiger partial charge on any atom is -0.493 e. The largest absolute Gasteiger partial charge is 0.493 e. The summed E-state index contributed by atoms with van der Waals surface area (Å²) in [7, 11) is 3.13. The van der Waals surface area contributed by atoms with Crippen molar-refractivity contribution in [1.82, 2.24) is 5.43 Å². The maximum absolute atomic E-state index is 12.0. The lowest BCUT2D eigenvalue weighted by atomic mass is 10.1. The van der Waals surface area contributed by atoms with Crippen LogP contribution in [0.5, 0.6) is 11.5 Å². The molecule has 0 saturated heterocycles. The van der Waals surface area contributed by atoms with E-state index in [1.807, 2.05) is 12.1 Å². The third-order valence-corrected chi connectivity index (χ3v) is 3.60. The van der Waals surface area contributed by atoms with Crippen LogP contribution in [0.15, 0.2) is 47.6 Å². The molecule has 1 N–H and O–H groups in total. The Morgan fingerprint density at radius 1 is 1.12 bits per heavy atom. The van der Waals surface area contributed by atoms with Gasteiger partial charge in [0.15, 0.2) is 11.5 Å². The highest BCUT2D eigenvalue weighted by Gasteiger charge is 2.09. The maximum Gasteiger partial charge on any atom is 0.271 e. The summed E-state index contributed by atoms with van der Waals surface area (Å²) in [6, 6.07) is 10.8.